The molecule has 0 saturated heterocycles. The summed E-state index contributed by atoms with van der Waals surface area (Å²) >= 11 is 0. The Morgan fingerprint density at radius 2 is 1.81 bits per heavy atom. The number of hydrogen-bond donors (Lipinski definition) is 2. The number of carbonyl (C=O) groups is 1. The van der Waals surface area contributed by atoms with Crippen molar-refractivity contribution in [2.45, 2.75) is 11.4 Å². The van der Waals surface area contributed by atoms with Gasteiger partial charge in [0.1, 0.15) is 12.4 Å². The molecular formula is C18H20N4O3S. The molecule has 0 aromatic heterocycles. The van der Waals surface area contributed by atoms with Crippen molar-refractivity contribution in [1.82, 2.24) is 10.0 Å². The SMILES string of the molecule is CN(C)c1ccc(CNC(=O)CN=C2NS(=O)(=O)c3ccccc32)cc1. The van der Waals surface area contributed by atoms with Gasteiger partial charge in [-0.3, -0.25) is 14.5 Å². The van der Waals surface area contributed by atoms with Crippen LogP contribution in [0.25, 0.3) is 0 Å². The van der Waals surface area contributed by atoms with Gasteiger partial charge in [0.15, 0.2) is 0 Å². The molecule has 0 atom stereocenters. The minimum Gasteiger partial charge on any atom is -0.378 e. The lowest BCUT2D eigenvalue weighted by Crippen LogP contribution is -2.28. The first-order valence-electron chi connectivity index (χ1n) is 8.06. The van der Waals surface area contributed by atoms with Crippen LogP contribution >= 0.6 is 0 Å². The Balaban J connectivity index is 1.60. The van der Waals surface area contributed by atoms with Crippen LogP contribution in [0.2, 0.25) is 0 Å². The monoisotopic (exact) mass is 372 g/mol. The highest BCUT2D eigenvalue weighted by Crippen LogP contribution is 2.22. The Morgan fingerprint density at radius 3 is 2.50 bits per heavy atom. The second-order valence-corrected chi connectivity index (χ2v) is 7.75. The summed E-state index contributed by atoms with van der Waals surface area (Å²) in [6.45, 7) is 0.238. The zero-order chi connectivity index (χ0) is 18.7. The van der Waals surface area contributed by atoms with Gasteiger partial charge in [-0.2, -0.15) is 0 Å². The van der Waals surface area contributed by atoms with Crippen LogP contribution in [0.1, 0.15) is 11.1 Å². The number of fused-ring (bicyclic) bond motifs is 1. The van der Waals surface area contributed by atoms with E-state index in [1.165, 1.54) is 6.07 Å². The van der Waals surface area contributed by atoms with Gasteiger partial charge in [0, 0.05) is 31.9 Å². The number of amidine groups is 1. The maximum absolute atomic E-state index is 12.0. The van der Waals surface area contributed by atoms with E-state index in [0.29, 0.717) is 12.1 Å². The summed E-state index contributed by atoms with van der Waals surface area (Å²) in [6, 6.07) is 14.4. The second kappa shape index (κ2) is 7.17. The van der Waals surface area contributed by atoms with Crippen molar-refractivity contribution in [2.24, 2.45) is 4.99 Å². The largest absolute Gasteiger partial charge is 0.378 e. The van der Waals surface area contributed by atoms with Gasteiger partial charge >= 0.3 is 0 Å². The van der Waals surface area contributed by atoms with E-state index in [0.717, 1.165) is 11.3 Å². The molecule has 1 amide bonds. The summed E-state index contributed by atoms with van der Waals surface area (Å²) in [4.78, 5) is 18.3. The lowest BCUT2D eigenvalue weighted by molar-refractivity contribution is -0.119. The smallest absolute Gasteiger partial charge is 0.263 e. The van der Waals surface area contributed by atoms with Gasteiger partial charge in [-0.15, -0.1) is 0 Å². The molecule has 0 spiro atoms. The standard InChI is InChI=1S/C18H20N4O3S/c1-22(2)14-9-7-13(8-10-14)11-19-17(23)12-20-18-15-5-3-4-6-16(15)26(24,25)21-18/h3-10H,11-12H2,1-2H3,(H,19,23)(H,20,21). The Kier molecular flexibility index (Phi) is 4.94. The minimum atomic E-state index is -3.59. The molecule has 2 N–H and O–H groups in total. The molecule has 26 heavy (non-hydrogen) atoms. The lowest BCUT2D eigenvalue weighted by atomic mass is 10.2. The van der Waals surface area contributed by atoms with Crippen LogP contribution in [-0.2, 0) is 21.4 Å². The summed E-state index contributed by atoms with van der Waals surface area (Å²) in [6.07, 6.45) is 0. The number of sulfonamides is 1. The molecule has 136 valence electrons. The number of hydrogen-bond acceptors (Lipinski definition) is 5. The minimum absolute atomic E-state index is 0.151. The van der Waals surface area contributed by atoms with Crippen LogP contribution in [0, 0.1) is 0 Å². The fraction of sp³-hybridized carbons (Fsp3) is 0.222. The van der Waals surface area contributed by atoms with Crippen molar-refractivity contribution in [1.29, 1.82) is 0 Å². The summed E-state index contributed by atoms with van der Waals surface area (Å²) in [7, 11) is 0.342. The molecule has 2 aromatic rings. The molecule has 1 aliphatic heterocycles. The summed E-state index contributed by atoms with van der Waals surface area (Å²) in [5.41, 5.74) is 2.54. The van der Waals surface area contributed by atoms with E-state index in [2.05, 4.69) is 15.0 Å². The van der Waals surface area contributed by atoms with E-state index in [1.807, 2.05) is 43.3 Å². The molecule has 0 aliphatic carbocycles. The van der Waals surface area contributed by atoms with E-state index in [1.54, 1.807) is 18.2 Å². The van der Waals surface area contributed by atoms with E-state index < -0.39 is 10.0 Å². The average Bonchev–Trinajstić information content (AvgIpc) is 2.89. The maximum Gasteiger partial charge on any atom is 0.263 e. The molecular weight excluding hydrogens is 352 g/mol. The highest BCUT2D eigenvalue weighted by atomic mass is 32.2. The lowest BCUT2D eigenvalue weighted by Gasteiger charge is -2.12. The summed E-state index contributed by atoms with van der Waals surface area (Å²) in [5, 5.41) is 2.78. The molecule has 3 rings (SSSR count). The van der Waals surface area contributed by atoms with Crippen LogP contribution in [0.15, 0.2) is 58.4 Å². The number of aliphatic imine (C=N–C) groups is 1. The van der Waals surface area contributed by atoms with Crippen LogP contribution in [0.5, 0.6) is 0 Å². The molecule has 2 aromatic carbocycles. The van der Waals surface area contributed by atoms with Crippen LogP contribution in [0.3, 0.4) is 0 Å². The summed E-state index contributed by atoms with van der Waals surface area (Å²) < 4.78 is 26.4. The third-order valence-corrected chi connectivity index (χ3v) is 5.38. The zero-order valence-corrected chi connectivity index (χ0v) is 15.4. The topological polar surface area (TPSA) is 90.9 Å². The number of rotatable bonds is 5. The third kappa shape index (κ3) is 3.85. The van der Waals surface area contributed by atoms with Crippen LogP contribution in [0.4, 0.5) is 5.69 Å². The van der Waals surface area contributed by atoms with E-state index >= 15 is 0 Å². The van der Waals surface area contributed by atoms with Gasteiger partial charge in [-0.25, -0.2) is 8.42 Å². The highest BCUT2D eigenvalue weighted by Gasteiger charge is 2.30. The fourth-order valence-electron chi connectivity index (χ4n) is 2.57. The predicted molar refractivity (Wildman–Crippen MR) is 101 cm³/mol. The van der Waals surface area contributed by atoms with E-state index in [-0.39, 0.29) is 23.2 Å². The molecule has 0 bridgehead atoms. The van der Waals surface area contributed by atoms with E-state index in [9.17, 15) is 13.2 Å². The van der Waals surface area contributed by atoms with Gasteiger partial charge in [-0.1, -0.05) is 24.3 Å². The van der Waals surface area contributed by atoms with E-state index in [4.69, 9.17) is 0 Å². The average molecular weight is 372 g/mol. The van der Waals surface area contributed by atoms with Gasteiger partial charge in [0.25, 0.3) is 10.0 Å². The second-order valence-electron chi connectivity index (χ2n) is 6.10. The molecule has 0 unspecified atom stereocenters. The number of benzene rings is 2. The maximum atomic E-state index is 12.0. The number of anilines is 1. The van der Waals surface area contributed by atoms with Crippen molar-refractivity contribution in [3.63, 3.8) is 0 Å². The third-order valence-electron chi connectivity index (χ3n) is 3.99. The molecule has 0 saturated carbocycles. The van der Waals surface area contributed by atoms with Crippen molar-refractivity contribution >= 4 is 27.5 Å². The number of amides is 1. The molecule has 1 aliphatic rings. The molecule has 0 fully saturated rings. The Hall–Kier alpha value is -2.87. The van der Waals surface area contributed by atoms with Crippen molar-refractivity contribution < 1.29 is 13.2 Å². The predicted octanol–water partition coefficient (Wildman–Crippen LogP) is 1.11. The Labute approximate surface area is 152 Å². The van der Waals surface area contributed by atoms with Gasteiger partial charge < -0.3 is 10.2 Å². The first-order chi connectivity index (χ1) is 12.4. The number of carbonyl (C=O) groups excluding carboxylic acids is 1. The van der Waals surface area contributed by atoms with Crippen LogP contribution < -0.4 is 14.9 Å². The normalized spacial score (nSPS) is 16.0. The molecule has 0 radical (unpaired) electrons. The van der Waals surface area contributed by atoms with Gasteiger partial charge in [-0.05, 0) is 29.8 Å². The van der Waals surface area contributed by atoms with Gasteiger partial charge in [0.05, 0.1) is 4.90 Å². The van der Waals surface area contributed by atoms with Gasteiger partial charge in [0.2, 0.25) is 5.91 Å². The molecule has 7 nitrogen and oxygen atoms in total. The molecule has 8 heteroatoms. The zero-order valence-electron chi connectivity index (χ0n) is 14.6. The van der Waals surface area contributed by atoms with Crippen molar-refractivity contribution in [3.05, 3.63) is 59.7 Å². The summed E-state index contributed by atoms with van der Waals surface area (Å²) in [5.74, 6) is -0.0798. The quantitative estimate of drug-likeness (QED) is 0.823. The van der Waals surface area contributed by atoms with Crippen molar-refractivity contribution in [3.8, 4) is 0 Å². The molecule has 1 heterocycles. The highest BCUT2D eigenvalue weighted by molar-refractivity contribution is 7.90. The Morgan fingerprint density at radius 1 is 1.12 bits per heavy atom. The first kappa shape index (κ1) is 17.9. The Bertz CT molecular complexity index is 951. The first-order valence-corrected chi connectivity index (χ1v) is 9.55. The fourth-order valence-corrected chi connectivity index (χ4v) is 3.82. The van der Waals surface area contributed by atoms with Crippen molar-refractivity contribution in [2.75, 3.05) is 25.5 Å². The number of nitrogens with one attached hydrogen (secondary N) is 2. The van der Waals surface area contributed by atoms with Crippen LogP contribution in [-0.4, -0.2) is 40.8 Å². The number of nitrogens with zero attached hydrogens (tertiary/aromatic N) is 2.